The van der Waals surface area contributed by atoms with Gasteiger partial charge in [0.1, 0.15) is 6.33 Å². The van der Waals surface area contributed by atoms with Crippen LogP contribution in [-0.2, 0) is 26.1 Å². The second kappa shape index (κ2) is 10.3. The van der Waals surface area contributed by atoms with Gasteiger partial charge >= 0.3 is 0 Å². The fourth-order valence-electron chi connectivity index (χ4n) is 2.45. The summed E-state index contributed by atoms with van der Waals surface area (Å²) >= 11 is 0. The van der Waals surface area contributed by atoms with E-state index in [1.54, 1.807) is 13.4 Å². The van der Waals surface area contributed by atoms with Gasteiger partial charge in [-0.25, -0.2) is 0 Å². The molecule has 0 aliphatic rings. The van der Waals surface area contributed by atoms with Gasteiger partial charge in [0.15, 0.2) is 11.8 Å². The first kappa shape index (κ1) is 20.4. The van der Waals surface area contributed by atoms with E-state index in [-0.39, 0.29) is 24.0 Å². The van der Waals surface area contributed by atoms with E-state index in [4.69, 9.17) is 0 Å². The fraction of sp³-hybridized carbons (Fsp3) is 0.471. The van der Waals surface area contributed by atoms with Gasteiger partial charge in [0.05, 0.1) is 6.54 Å². The van der Waals surface area contributed by atoms with Crippen LogP contribution in [0.15, 0.2) is 35.6 Å². The van der Waals surface area contributed by atoms with Crippen LogP contribution in [0, 0.1) is 0 Å². The monoisotopic (exact) mass is 442 g/mol. The maximum absolute atomic E-state index is 4.35. The van der Waals surface area contributed by atoms with Crippen molar-refractivity contribution in [1.29, 1.82) is 0 Å². The molecule has 1 aromatic carbocycles. The first-order valence-corrected chi connectivity index (χ1v) is 8.04. The highest BCUT2D eigenvalue weighted by Gasteiger charge is 2.09. The quantitative estimate of drug-likeness (QED) is 0.425. The summed E-state index contributed by atoms with van der Waals surface area (Å²) in [5.41, 5.74) is 2.63. The number of benzene rings is 1. The predicted octanol–water partition coefficient (Wildman–Crippen LogP) is 2.69. The maximum atomic E-state index is 4.35. The zero-order chi connectivity index (χ0) is 16.7. The van der Waals surface area contributed by atoms with Crippen molar-refractivity contribution in [3.63, 3.8) is 0 Å². The molecule has 0 fully saturated rings. The molecule has 0 aliphatic carbocycles. The van der Waals surface area contributed by atoms with E-state index in [1.165, 1.54) is 11.1 Å². The molecule has 1 aromatic heterocycles. The van der Waals surface area contributed by atoms with Crippen LogP contribution in [0.25, 0.3) is 0 Å². The Morgan fingerprint density at radius 2 is 1.88 bits per heavy atom. The van der Waals surface area contributed by atoms with Gasteiger partial charge in [0.25, 0.3) is 0 Å². The summed E-state index contributed by atoms with van der Waals surface area (Å²) in [6.07, 6.45) is 2.82. The molecular weight excluding hydrogens is 415 g/mol. The Morgan fingerprint density at radius 3 is 2.46 bits per heavy atom. The second-order valence-electron chi connectivity index (χ2n) is 5.46. The average molecular weight is 442 g/mol. The van der Waals surface area contributed by atoms with Gasteiger partial charge in [-0.2, -0.15) is 0 Å². The summed E-state index contributed by atoms with van der Waals surface area (Å²) in [4.78, 5) is 6.45. The van der Waals surface area contributed by atoms with Gasteiger partial charge in [-0.3, -0.25) is 4.99 Å². The van der Waals surface area contributed by atoms with Crippen LogP contribution in [0.2, 0.25) is 0 Å². The summed E-state index contributed by atoms with van der Waals surface area (Å²) < 4.78 is 2.02. The molecule has 2 rings (SSSR count). The summed E-state index contributed by atoms with van der Waals surface area (Å²) in [6, 6.07) is 8.72. The van der Waals surface area contributed by atoms with Crippen LogP contribution in [0.4, 0.5) is 0 Å². The highest BCUT2D eigenvalue weighted by molar-refractivity contribution is 14.0. The van der Waals surface area contributed by atoms with Gasteiger partial charge in [-0.1, -0.05) is 31.2 Å². The molecular formula is C17H27IN6. The number of aryl methyl sites for hydroxylation is 2. The molecule has 6 nitrogen and oxygen atoms in total. The molecule has 0 bridgehead atoms. The molecule has 2 aromatic rings. The Bertz CT molecular complexity index is 635. The Hall–Kier alpha value is -1.64. The van der Waals surface area contributed by atoms with Gasteiger partial charge in [-0.05, 0) is 24.5 Å². The SMILES string of the molecule is CCc1ccc(CN(C)C(=NC)NCc2nncn2CC)cc1.I. The molecule has 0 amide bonds. The number of aliphatic imine (C=N–C) groups is 1. The number of hydrogen-bond acceptors (Lipinski definition) is 3. The molecule has 1 heterocycles. The largest absolute Gasteiger partial charge is 0.349 e. The van der Waals surface area contributed by atoms with E-state index in [2.05, 4.69) is 63.5 Å². The third kappa shape index (κ3) is 5.47. The molecule has 0 saturated heterocycles. The first-order valence-electron chi connectivity index (χ1n) is 8.04. The number of aromatic nitrogens is 3. The molecule has 0 saturated carbocycles. The lowest BCUT2D eigenvalue weighted by Gasteiger charge is -2.22. The highest BCUT2D eigenvalue weighted by Crippen LogP contribution is 2.07. The molecule has 0 unspecified atom stereocenters. The Kier molecular flexibility index (Phi) is 8.73. The second-order valence-corrected chi connectivity index (χ2v) is 5.46. The van der Waals surface area contributed by atoms with E-state index in [0.717, 1.165) is 31.3 Å². The summed E-state index contributed by atoms with van der Waals surface area (Å²) in [6.45, 7) is 6.53. The van der Waals surface area contributed by atoms with Gasteiger partial charge in [0.2, 0.25) is 0 Å². The number of halogens is 1. The standard InChI is InChI=1S/C17H26N6.HI/c1-5-14-7-9-15(10-8-14)12-22(4)17(18-3)19-11-16-21-20-13-23(16)6-2;/h7-10,13H,5-6,11-12H2,1-4H3,(H,18,19);1H. The Labute approximate surface area is 161 Å². The maximum Gasteiger partial charge on any atom is 0.194 e. The Morgan fingerprint density at radius 1 is 1.21 bits per heavy atom. The molecule has 1 N–H and O–H groups in total. The third-order valence-electron chi connectivity index (χ3n) is 3.87. The normalized spacial score (nSPS) is 11.1. The number of guanidine groups is 1. The van der Waals surface area contributed by atoms with Crippen LogP contribution in [0.3, 0.4) is 0 Å². The molecule has 0 aliphatic heterocycles. The smallest absolute Gasteiger partial charge is 0.194 e. The van der Waals surface area contributed by atoms with Gasteiger partial charge in [-0.15, -0.1) is 34.2 Å². The van der Waals surface area contributed by atoms with Gasteiger partial charge < -0.3 is 14.8 Å². The zero-order valence-electron chi connectivity index (χ0n) is 14.9. The minimum Gasteiger partial charge on any atom is -0.349 e. The van der Waals surface area contributed by atoms with Crippen molar-refractivity contribution in [1.82, 2.24) is 25.0 Å². The first-order chi connectivity index (χ1) is 11.2. The minimum atomic E-state index is 0. The highest BCUT2D eigenvalue weighted by atomic mass is 127. The van der Waals surface area contributed by atoms with Crippen molar-refractivity contribution in [3.05, 3.63) is 47.5 Å². The van der Waals surface area contributed by atoms with Crippen molar-refractivity contribution >= 4 is 29.9 Å². The van der Waals surface area contributed by atoms with Crippen LogP contribution in [0.5, 0.6) is 0 Å². The van der Waals surface area contributed by atoms with Crippen molar-refractivity contribution < 1.29 is 0 Å². The van der Waals surface area contributed by atoms with Gasteiger partial charge in [0, 0.05) is 27.2 Å². The van der Waals surface area contributed by atoms with E-state index >= 15 is 0 Å². The minimum absolute atomic E-state index is 0. The topological polar surface area (TPSA) is 58.3 Å². The summed E-state index contributed by atoms with van der Waals surface area (Å²) in [5, 5.41) is 11.4. The molecule has 0 spiro atoms. The van der Waals surface area contributed by atoms with Crippen molar-refractivity contribution in [3.8, 4) is 0 Å². The molecule has 24 heavy (non-hydrogen) atoms. The van der Waals surface area contributed by atoms with Crippen LogP contribution in [-0.4, -0.2) is 39.7 Å². The van der Waals surface area contributed by atoms with Crippen LogP contribution < -0.4 is 5.32 Å². The molecule has 0 atom stereocenters. The van der Waals surface area contributed by atoms with Crippen molar-refractivity contribution in [2.45, 2.75) is 39.9 Å². The number of nitrogens with zero attached hydrogens (tertiary/aromatic N) is 5. The third-order valence-corrected chi connectivity index (χ3v) is 3.87. The lowest BCUT2D eigenvalue weighted by Crippen LogP contribution is -2.38. The van der Waals surface area contributed by atoms with Crippen molar-refractivity contribution in [2.24, 2.45) is 4.99 Å². The zero-order valence-corrected chi connectivity index (χ0v) is 17.2. The molecule has 132 valence electrons. The van der Waals surface area contributed by atoms with E-state index in [1.807, 2.05) is 11.6 Å². The molecule has 0 radical (unpaired) electrons. The summed E-state index contributed by atoms with van der Waals surface area (Å²) in [5.74, 6) is 1.75. The van der Waals surface area contributed by atoms with Crippen LogP contribution in [0.1, 0.15) is 30.8 Å². The van der Waals surface area contributed by atoms with Crippen LogP contribution >= 0.6 is 24.0 Å². The average Bonchev–Trinajstić information content (AvgIpc) is 3.03. The number of nitrogens with one attached hydrogen (secondary N) is 1. The summed E-state index contributed by atoms with van der Waals surface area (Å²) in [7, 11) is 3.83. The lowest BCUT2D eigenvalue weighted by molar-refractivity contribution is 0.473. The van der Waals surface area contributed by atoms with E-state index in [9.17, 15) is 0 Å². The fourth-order valence-corrected chi connectivity index (χ4v) is 2.45. The van der Waals surface area contributed by atoms with E-state index in [0.29, 0.717) is 6.54 Å². The molecule has 7 heteroatoms. The lowest BCUT2D eigenvalue weighted by atomic mass is 10.1. The predicted molar refractivity (Wildman–Crippen MR) is 109 cm³/mol. The number of hydrogen-bond donors (Lipinski definition) is 1. The van der Waals surface area contributed by atoms with E-state index < -0.39 is 0 Å². The number of rotatable bonds is 6. The Balaban J connectivity index is 0.00000288. The van der Waals surface area contributed by atoms with Crippen molar-refractivity contribution in [2.75, 3.05) is 14.1 Å².